The number of aryl methyl sites for hydroxylation is 1. The molecule has 0 aromatic heterocycles. The molecule has 2 nitrogen and oxygen atoms in total. The number of anilines is 2. The third kappa shape index (κ3) is 2.32. The highest BCUT2D eigenvalue weighted by Gasteiger charge is 2.11. The maximum Gasteiger partial charge on any atom is 0.103 e. The van der Waals surface area contributed by atoms with E-state index < -0.39 is 0 Å². The molecule has 0 aliphatic heterocycles. The lowest BCUT2D eigenvalue weighted by molar-refractivity contribution is 1.19. The van der Waals surface area contributed by atoms with Crippen LogP contribution in [0.5, 0.6) is 0 Å². The maximum absolute atomic E-state index is 9.19. The summed E-state index contributed by atoms with van der Waals surface area (Å²) in [6.07, 6.45) is 0. The Morgan fingerprint density at radius 3 is 2.56 bits per heavy atom. The highest BCUT2D eigenvalue weighted by atomic mass is 35.5. The van der Waals surface area contributed by atoms with E-state index in [1.807, 2.05) is 49.2 Å². The number of rotatable bonds is 2. The average Bonchev–Trinajstić information content (AvgIpc) is 2.37. The monoisotopic (exact) mass is 256 g/mol. The van der Waals surface area contributed by atoms with Crippen molar-refractivity contribution in [3.63, 3.8) is 0 Å². The Bertz CT molecular complexity index is 614. The molecule has 0 spiro atoms. The van der Waals surface area contributed by atoms with Crippen molar-refractivity contribution >= 4 is 23.0 Å². The van der Waals surface area contributed by atoms with Gasteiger partial charge in [0.15, 0.2) is 0 Å². The lowest BCUT2D eigenvalue weighted by Crippen LogP contribution is -2.11. The third-order valence-corrected chi connectivity index (χ3v) is 3.17. The molecule has 0 aliphatic carbocycles. The Hall–Kier alpha value is -1.98. The van der Waals surface area contributed by atoms with E-state index in [1.54, 1.807) is 6.07 Å². The minimum absolute atomic E-state index is 0.481. The molecular formula is C15H13ClN2. The van der Waals surface area contributed by atoms with E-state index >= 15 is 0 Å². The lowest BCUT2D eigenvalue weighted by Gasteiger charge is -2.21. The van der Waals surface area contributed by atoms with Crippen LogP contribution in [0.15, 0.2) is 42.5 Å². The fourth-order valence-electron chi connectivity index (χ4n) is 1.88. The van der Waals surface area contributed by atoms with E-state index in [9.17, 15) is 5.26 Å². The SMILES string of the molecule is Cc1cccc(N(C)c2cccc(Cl)c2C#N)c1. The summed E-state index contributed by atoms with van der Waals surface area (Å²) in [4.78, 5) is 1.97. The standard InChI is InChI=1S/C15H13ClN2/c1-11-5-3-6-12(9-11)18(2)15-8-4-7-14(16)13(15)10-17/h3-9H,1-2H3. The van der Waals surface area contributed by atoms with Crippen LogP contribution in [0.25, 0.3) is 0 Å². The van der Waals surface area contributed by atoms with Gasteiger partial charge in [0.2, 0.25) is 0 Å². The van der Waals surface area contributed by atoms with Crippen molar-refractivity contribution in [2.75, 3.05) is 11.9 Å². The Labute approximate surface area is 112 Å². The molecule has 0 radical (unpaired) electrons. The van der Waals surface area contributed by atoms with Crippen molar-refractivity contribution in [1.82, 2.24) is 0 Å². The molecule has 0 bridgehead atoms. The van der Waals surface area contributed by atoms with Gasteiger partial charge in [0.05, 0.1) is 16.3 Å². The molecule has 18 heavy (non-hydrogen) atoms. The Balaban J connectivity index is 2.50. The summed E-state index contributed by atoms with van der Waals surface area (Å²) < 4.78 is 0. The molecule has 0 N–H and O–H groups in total. The summed E-state index contributed by atoms with van der Waals surface area (Å²) in [6.45, 7) is 2.04. The van der Waals surface area contributed by atoms with Gasteiger partial charge in [0.1, 0.15) is 6.07 Å². The molecule has 0 unspecified atom stereocenters. The van der Waals surface area contributed by atoms with Gasteiger partial charge in [-0.25, -0.2) is 0 Å². The zero-order chi connectivity index (χ0) is 13.1. The minimum atomic E-state index is 0.481. The molecule has 0 saturated heterocycles. The number of nitriles is 1. The van der Waals surface area contributed by atoms with Gasteiger partial charge in [-0.05, 0) is 36.8 Å². The summed E-state index contributed by atoms with van der Waals surface area (Å²) in [5.41, 5.74) is 3.53. The van der Waals surface area contributed by atoms with Crippen molar-refractivity contribution in [3.05, 3.63) is 58.6 Å². The highest BCUT2D eigenvalue weighted by molar-refractivity contribution is 6.32. The third-order valence-electron chi connectivity index (χ3n) is 2.85. The first-order valence-corrected chi connectivity index (χ1v) is 6.00. The fourth-order valence-corrected chi connectivity index (χ4v) is 2.09. The van der Waals surface area contributed by atoms with E-state index in [-0.39, 0.29) is 0 Å². The summed E-state index contributed by atoms with van der Waals surface area (Å²) >= 11 is 6.04. The molecule has 0 saturated carbocycles. The van der Waals surface area contributed by atoms with Crippen LogP contribution < -0.4 is 4.90 Å². The van der Waals surface area contributed by atoms with Crippen molar-refractivity contribution in [3.8, 4) is 6.07 Å². The normalized spacial score (nSPS) is 9.89. The Morgan fingerprint density at radius 2 is 1.89 bits per heavy atom. The predicted octanol–water partition coefficient (Wildman–Crippen LogP) is 4.29. The van der Waals surface area contributed by atoms with E-state index in [4.69, 9.17) is 11.6 Å². The molecule has 2 aromatic carbocycles. The van der Waals surface area contributed by atoms with Gasteiger partial charge in [-0.1, -0.05) is 29.8 Å². The number of hydrogen-bond donors (Lipinski definition) is 0. The summed E-state index contributed by atoms with van der Waals surface area (Å²) in [7, 11) is 1.93. The van der Waals surface area contributed by atoms with E-state index in [0.717, 1.165) is 11.4 Å². The lowest BCUT2D eigenvalue weighted by atomic mass is 10.1. The predicted molar refractivity (Wildman–Crippen MR) is 75.4 cm³/mol. The van der Waals surface area contributed by atoms with Crippen LogP contribution in [0.4, 0.5) is 11.4 Å². The topological polar surface area (TPSA) is 27.0 Å². The number of benzene rings is 2. The van der Waals surface area contributed by atoms with Crippen LogP contribution in [0.2, 0.25) is 5.02 Å². The van der Waals surface area contributed by atoms with Gasteiger partial charge in [-0.2, -0.15) is 5.26 Å². The summed E-state index contributed by atoms with van der Waals surface area (Å²) in [5, 5.41) is 9.67. The van der Waals surface area contributed by atoms with Crippen molar-refractivity contribution in [2.45, 2.75) is 6.92 Å². The largest absolute Gasteiger partial charge is 0.343 e. The van der Waals surface area contributed by atoms with Crippen LogP contribution in [-0.2, 0) is 0 Å². The molecule has 0 amide bonds. The number of hydrogen-bond acceptors (Lipinski definition) is 2. The van der Waals surface area contributed by atoms with Crippen LogP contribution in [-0.4, -0.2) is 7.05 Å². The molecule has 90 valence electrons. The maximum atomic E-state index is 9.19. The van der Waals surface area contributed by atoms with Crippen LogP contribution in [0.1, 0.15) is 11.1 Å². The van der Waals surface area contributed by atoms with E-state index in [0.29, 0.717) is 10.6 Å². The molecule has 0 atom stereocenters. The van der Waals surface area contributed by atoms with Gasteiger partial charge >= 0.3 is 0 Å². The smallest absolute Gasteiger partial charge is 0.103 e. The number of nitrogens with zero attached hydrogens (tertiary/aromatic N) is 2. The Kier molecular flexibility index (Phi) is 3.55. The average molecular weight is 257 g/mol. The molecule has 0 heterocycles. The highest BCUT2D eigenvalue weighted by Crippen LogP contribution is 2.31. The van der Waals surface area contributed by atoms with E-state index in [2.05, 4.69) is 12.1 Å². The zero-order valence-corrected chi connectivity index (χ0v) is 11.1. The second kappa shape index (κ2) is 5.12. The van der Waals surface area contributed by atoms with Gasteiger partial charge in [-0.15, -0.1) is 0 Å². The second-order valence-corrected chi connectivity index (χ2v) is 4.55. The van der Waals surface area contributed by atoms with Crippen molar-refractivity contribution in [1.29, 1.82) is 5.26 Å². The Morgan fingerprint density at radius 1 is 1.17 bits per heavy atom. The second-order valence-electron chi connectivity index (χ2n) is 4.14. The fraction of sp³-hybridized carbons (Fsp3) is 0.133. The van der Waals surface area contributed by atoms with Gasteiger partial charge in [-0.3, -0.25) is 0 Å². The number of halogens is 1. The molecule has 0 aliphatic rings. The minimum Gasteiger partial charge on any atom is -0.343 e. The first-order chi connectivity index (χ1) is 8.63. The van der Waals surface area contributed by atoms with Gasteiger partial charge in [0.25, 0.3) is 0 Å². The molecule has 2 rings (SSSR count). The van der Waals surface area contributed by atoms with Gasteiger partial charge < -0.3 is 4.90 Å². The van der Waals surface area contributed by atoms with Crippen LogP contribution >= 0.6 is 11.6 Å². The summed E-state index contributed by atoms with van der Waals surface area (Å²) in [6, 6.07) is 15.8. The van der Waals surface area contributed by atoms with Crippen LogP contribution in [0.3, 0.4) is 0 Å². The first kappa shape index (κ1) is 12.5. The first-order valence-electron chi connectivity index (χ1n) is 5.62. The molecule has 3 heteroatoms. The van der Waals surface area contributed by atoms with Crippen molar-refractivity contribution in [2.24, 2.45) is 0 Å². The molecule has 0 fully saturated rings. The molecule has 2 aromatic rings. The quantitative estimate of drug-likeness (QED) is 0.802. The van der Waals surface area contributed by atoms with Crippen molar-refractivity contribution < 1.29 is 0 Å². The zero-order valence-electron chi connectivity index (χ0n) is 10.3. The molecular weight excluding hydrogens is 244 g/mol. The van der Waals surface area contributed by atoms with Gasteiger partial charge in [0, 0.05) is 12.7 Å². The van der Waals surface area contributed by atoms with E-state index in [1.165, 1.54) is 5.56 Å². The summed E-state index contributed by atoms with van der Waals surface area (Å²) in [5.74, 6) is 0. The van der Waals surface area contributed by atoms with Crippen LogP contribution in [0, 0.1) is 18.3 Å².